The van der Waals surface area contributed by atoms with Gasteiger partial charge in [0.15, 0.2) is 6.29 Å². The molecule has 0 aliphatic carbocycles. The minimum atomic E-state index is -0.365. The molecule has 20 heavy (non-hydrogen) atoms. The van der Waals surface area contributed by atoms with E-state index in [0.29, 0.717) is 28.2 Å². The van der Waals surface area contributed by atoms with Gasteiger partial charge in [-0.3, -0.25) is 4.79 Å². The number of nitrogens with one attached hydrogen (secondary N) is 1. The summed E-state index contributed by atoms with van der Waals surface area (Å²) in [7, 11) is 2.89. The number of hydrogen-bond donors (Lipinski definition) is 1. The number of amides is 2. The number of imide groups is 1. The molecule has 0 spiro atoms. The third kappa shape index (κ3) is 1.38. The molecule has 0 bridgehead atoms. The van der Waals surface area contributed by atoms with Crippen LogP contribution in [0.4, 0.5) is 0 Å². The highest BCUT2D eigenvalue weighted by Gasteiger charge is 2.44. The third-order valence-corrected chi connectivity index (χ3v) is 3.67. The van der Waals surface area contributed by atoms with Crippen LogP contribution in [0.25, 0.3) is 10.8 Å². The van der Waals surface area contributed by atoms with E-state index in [2.05, 4.69) is 0 Å². The largest absolute Gasteiger partial charge is 0.495 e. The molecule has 1 atom stereocenters. The highest BCUT2D eigenvalue weighted by Crippen LogP contribution is 2.36. The van der Waals surface area contributed by atoms with Crippen LogP contribution in [0.3, 0.4) is 0 Å². The monoisotopic (exact) mass is 270 g/mol. The van der Waals surface area contributed by atoms with Crippen molar-refractivity contribution in [3.05, 3.63) is 41.0 Å². The zero-order chi connectivity index (χ0) is 14.4. The zero-order valence-corrected chi connectivity index (χ0v) is 11.0. The molecule has 2 aromatic carbocycles. The van der Waals surface area contributed by atoms with Crippen molar-refractivity contribution in [2.45, 2.75) is 0 Å². The van der Waals surface area contributed by atoms with Gasteiger partial charge < -0.3 is 4.74 Å². The first-order valence-electron chi connectivity index (χ1n) is 6.12. The highest BCUT2D eigenvalue weighted by atomic mass is 16.5. The van der Waals surface area contributed by atoms with E-state index in [9.17, 15) is 14.4 Å². The normalized spacial score (nSPS) is 17.4. The summed E-state index contributed by atoms with van der Waals surface area (Å²) < 4.78 is 5.24. The number of ether oxygens (including phenoxy) is 1. The molecule has 0 aromatic heterocycles. The van der Waals surface area contributed by atoms with Crippen LogP contribution in [0.2, 0.25) is 0 Å². The number of carbonyl (C=O) groups is 3. The predicted octanol–water partition coefficient (Wildman–Crippen LogP) is 0.470. The second-order valence-electron chi connectivity index (χ2n) is 4.64. The van der Waals surface area contributed by atoms with E-state index in [1.54, 1.807) is 24.3 Å². The summed E-state index contributed by atoms with van der Waals surface area (Å²) in [5.74, 6) is -0.475. The number of methoxy groups -OCH3 is 1. The van der Waals surface area contributed by atoms with Crippen LogP contribution in [-0.2, 0) is 0 Å². The molecular formula is C15H12NO4+. The molecule has 5 heteroatoms. The molecule has 100 valence electrons. The quantitative estimate of drug-likeness (QED) is 0.636. The van der Waals surface area contributed by atoms with Crippen molar-refractivity contribution in [2.75, 3.05) is 14.2 Å². The van der Waals surface area contributed by atoms with Gasteiger partial charge in [-0.1, -0.05) is 24.3 Å². The van der Waals surface area contributed by atoms with Crippen LogP contribution in [0.1, 0.15) is 31.1 Å². The summed E-state index contributed by atoms with van der Waals surface area (Å²) in [4.78, 5) is 36.1. The van der Waals surface area contributed by atoms with Crippen molar-refractivity contribution in [2.24, 2.45) is 0 Å². The summed E-state index contributed by atoms with van der Waals surface area (Å²) in [6.45, 7) is 0. The van der Waals surface area contributed by atoms with Gasteiger partial charge in [0.2, 0.25) is 0 Å². The maximum Gasteiger partial charge on any atom is 0.356 e. The second-order valence-corrected chi connectivity index (χ2v) is 4.64. The van der Waals surface area contributed by atoms with Crippen molar-refractivity contribution in [3.63, 3.8) is 0 Å². The van der Waals surface area contributed by atoms with Crippen molar-refractivity contribution in [1.82, 2.24) is 0 Å². The first kappa shape index (κ1) is 12.5. The van der Waals surface area contributed by atoms with Gasteiger partial charge in [-0.15, -0.1) is 0 Å². The molecule has 1 N–H and O–H groups in total. The van der Waals surface area contributed by atoms with Gasteiger partial charge in [0, 0.05) is 5.39 Å². The van der Waals surface area contributed by atoms with E-state index in [1.165, 1.54) is 14.2 Å². The van der Waals surface area contributed by atoms with E-state index in [4.69, 9.17) is 4.74 Å². The van der Waals surface area contributed by atoms with Crippen molar-refractivity contribution in [3.8, 4) is 5.75 Å². The molecule has 0 radical (unpaired) electrons. The van der Waals surface area contributed by atoms with Crippen LogP contribution in [0.15, 0.2) is 24.3 Å². The van der Waals surface area contributed by atoms with Gasteiger partial charge in [0.1, 0.15) is 16.9 Å². The lowest BCUT2D eigenvalue weighted by molar-refractivity contribution is -0.694. The molecule has 1 aliphatic rings. The van der Waals surface area contributed by atoms with Crippen molar-refractivity contribution in [1.29, 1.82) is 0 Å². The number of benzene rings is 2. The first-order valence-corrected chi connectivity index (χ1v) is 6.12. The van der Waals surface area contributed by atoms with Gasteiger partial charge in [-0.05, 0) is 5.39 Å². The number of aldehydes is 1. The standard InChI is InChI=1S/C15H11NO4/c1-16-14(18)11-9-6-4-3-5-8(9)10(7-17)13(20-2)12(11)15(16)19/h3-7H,1-2H3/p+1. The molecule has 1 heterocycles. The number of rotatable bonds is 2. The van der Waals surface area contributed by atoms with Crippen LogP contribution in [0, 0.1) is 0 Å². The Bertz CT molecular complexity index is 779. The Balaban J connectivity index is 2.58. The molecule has 3 rings (SSSR count). The molecule has 1 aliphatic heterocycles. The fourth-order valence-corrected chi connectivity index (χ4v) is 2.70. The topological polar surface area (TPSA) is 64.9 Å². The van der Waals surface area contributed by atoms with Crippen LogP contribution < -0.4 is 9.64 Å². The van der Waals surface area contributed by atoms with Crippen LogP contribution in [-0.4, -0.2) is 32.3 Å². The molecule has 2 aromatic rings. The number of carbonyl (C=O) groups excluding carboxylic acids is 3. The predicted molar refractivity (Wildman–Crippen MR) is 71.4 cm³/mol. The molecule has 5 nitrogen and oxygen atoms in total. The molecule has 0 saturated carbocycles. The molecule has 0 saturated heterocycles. The van der Waals surface area contributed by atoms with Gasteiger partial charge in [-0.25, -0.2) is 14.5 Å². The minimum absolute atomic E-state index is 0.159. The van der Waals surface area contributed by atoms with Crippen LogP contribution in [0.5, 0.6) is 5.75 Å². The maximum atomic E-state index is 12.3. The average Bonchev–Trinajstić information content (AvgIpc) is 2.71. The van der Waals surface area contributed by atoms with E-state index in [0.717, 1.165) is 0 Å². The lowest BCUT2D eigenvalue weighted by atomic mass is 9.95. The van der Waals surface area contributed by atoms with Crippen molar-refractivity contribution >= 4 is 28.9 Å². The summed E-state index contributed by atoms with van der Waals surface area (Å²) in [6, 6.07) is 7.03. The van der Waals surface area contributed by atoms with Gasteiger partial charge in [0.05, 0.1) is 19.7 Å². The number of quaternary nitrogens is 1. The van der Waals surface area contributed by atoms with Gasteiger partial charge in [-0.2, -0.15) is 0 Å². The lowest BCUT2D eigenvalue weighted by Crippen LogP contribution is -3.12. The van der Waals surface area contributed by atoms with E-state index < -0.39 is 0 Å². The molecule has 1 unspecified atom stereocenters. The Morgan fingerprint density at radius 1 is 1.05 bits per heavy atom. The van der Waals surface area contributed by atoms with E-state index >= 15 is 0 Å². The minimum Gasteiger partial charge on any atom is -0.495 e. The first-order chi connectivity index (χ1) is 9.61. The Morgan fingerprint density at radius 3 is 2.25 bits per heavy atom. The van der Waals surface area contributed by atoms with E-state index in [-0.39, 0.29) is 28.0 Å². The summed E-state index contributed by atoms with van der Waals surface area (Å²) in [6.07, 6.45) is 0.660. The highest BCUT2D eigenvalue weighted by molar-refractivity contribution is 6.23. The average molecular weight is 270 g/mol. The summed E-state index contributed by atoms with van der Waals surface area (Å²) in [5.41, 5.74) is 0.846. The Kier molecular flexibility index (Phi) is 2.65. The Morgan fingerprint density at radius 2 is 1.65 bits per heavy atom. The number of fused-ring (bicyclic) bond motifs is 3. The van der Waals surface area contributed by atoms with Gasteiger partial charge >= 0.3 is 11.8 Å². The second kappa shape index (κ2) is 4.25. The number of hydrogen-bond acceptors (Lipinski definition) is 4. The smallest absolute Gasteiger partial charge is 0.356 e. The Hall–Kier alpha value is -2.53. The molecular weight excluding hydrogens is 258 g/mol. The van der Waals surface area contributed by atoms with Crippen molar-refractivity contribution < 1.29 is 24.0 Å². The SMILES string of the molecule is COc1c2c(c3ccccc3c1C=O)C(=O)[NH+](C)C2=O. The summed E-state index contributed by atoms with van der Waals surface area (Å²) in [5, 5.41) is 1.23. The third-order valence-electron chi connectivity index (χ3n) is 3.67. The Labute approximate surface area is 114 Å². The van der Waals surface area contributed by atoms with Crippen LogP contribution >= 0.6 is 0 Å². The molecule has 2 amide bonds. The van der Waals surface area contributed by atoms with Gasteiger partial charge in [0.25, 0.3) is 0 Å². The fourth-order valence-electron chi connectivity index (χ4n) is 2.70. The van der Waals surface area contributed by atoms with E-state index in [1.807, 2.05) is 0 Å². The summed E-state index contributed by atoms with van der Waals surface area (Å²) >= 11 is 0. The zero-order valence-electron chi connectivity index (χ0n) is 11.0. The lowest BCUT2D eigenvalue weighted by Gasteiger charge is -2.10. The fraction of sp³-hybridized carbons (Fsp3) is 0.133. The molecule has 0 fully saturated rings. The maximum absolute atomic E-state index is 12.3.